The molecule has 2 saturated carbocycles. The first-order chi connectivity index (χ1) is 6.04. The zero-order valence-electron chi connectivity index (χ0n) is 8.67. The van der Waals surface area contributed by atoms with Gasteiger partial charge in [0.25, 0.3) is 0 Å². The molecule has 2 fully saturated rings. The number of fused-ring (bicyclic) bond motifs is 1. The molecule has 2 rings (SSSR count). The normalized spacial score (nSPS) is 41.8. The Morgan fingerprint density at radius 3 is 2.54 bits per heavy atom. The van der Waals surface area contributed by atoms with E-state index in [2.05, 4.69) is 6.92 Å². The highest BCUT2D eigenvalue weighted by atomic mass is 16.5. The van der Waals surface area contributed by atoms with Crippen LogP contribution in [0.15, 0.2) is 0 Å². The quantitative estimate of drug-likeness (QED) is 0.613. The monoisotopic (exact) mass is 182 g/mol. The lowest BCUT2D eigenvalue weighted by molar-refractivity contribution is -0.210. The van der Waals surface area contributed by atoms with Gasteiger partial charge < -0.3 is 4.74 Å². The molecule has 0 radical (unpaired) electrons. The molecule has 0 aliphatic heterocycles. The third-order valence-electron chi connectivity index (χ3n) is 3.93. The Labute approximate surface area is 79.7 Å². The molecule has 2 aliphatic rings. The molecule has 2 nitrogen and oxygen atoms in total. The van der Waals surface area contributed by atoms with Gasteiger partial charge in [-0.25, -0.2) is 0 Å². The lowest BCUT2D eigenvalue weighted by atomic mass is 9.47. The van der Waals surface area contributed by atoms with Crippen LogP contribution in [-0.4, -0.2) is 12.1 Å². The van der Waals surface area contributed by atoms with Crippen molar-refractivity contribution in [1.82, 2.24) is 0 Å². The molecule has 13 heavy (non-hydrogen) atoms. The standard InChI is InChI=1S/C11H18O2/c1-7(2)10(12)13-9-6-8-4-5-11(8,9)3/h7-9H,4-6H2,1-3H3. The summed E-state index contributed by atoms with van der Waals surface area (Å²) in [7, 11) is 0. The summed E-state index contributed by atoms with van der Waals surface area (Å²) in [5.41, 5.74) is 0.352. The van der Waals surface area contributed by atoms with E-state index in [1.165, 1.54) is 12.8 Å². The fourth-order valence-corrected chi connectivity index (χ4v) is 2.44. The van der Waals surface area contributed by atoms with Gasteiger partial charge in [-0.1, -0.05) is 20.8 Å². The molecule has 74 valence electrons. The van der Waals surface area contributed by atoms with Crippen molar-refractivity contribution in [3.05, 3.63) is 0 Å². The molecule has 0 aromatic heterocycles. The van der Waals surface area contributed by atoms with Gasteiger partial charge in [0.05, 0.1) is 5.92 Å². The molecule has 3 atom stereocenters. The summed E-state index contributed by atoms with van der Waals surface area (Å²) >= 11 is 0. The molecule has 0 aromatic rings. The highest BCUT2D eigenvalue weighted by Crippen LogP contribution is 2.61. The highest BCUT2D eigenvalue weighted by Gasteiger charge is 2.59. The van der Waals surface area contributed by atoms with Gasteiger partial charge in [0.15, 0.2) is 0 Å². The van der Waals surface area contributed by atoms with Gasteiger partial charge in [-0.05, 0) is 25.2 Å². The van der Waals surface area contributed by atoms with Gasteiger partial charge in [-0.2, -0.15) is 0 Å². The summed E-state index contributed by atoms with van der Waals surface area (Å²) in [5, 5.41) is 0. The van der Waals surface area contributed by atoms with E-state index >= 15 is 0 Å². The van der Waals surface area contributed by atoms with E-state index in [1.807, 2.05) is 13.8 Å². The van der Waals surface area contributed by atoms with E-state index in [0.717, 1.165) is 12.3 Å². The predicted molar refractivity (Wildman–Crippen MR) is 50.2 cm³/mol. The zero-order valence-corrected chi connectivity index (χ0v) is 8.67. The van der Waals surface area contributed by atoms with Gasteiger partial charge >= 0.3 is 5.97 Å². The topological polar surface area (TPSA) is 26.3 Å². The maximum absolute atomic E-state index is 11.3. The third kappa shape index (κ3) is 1.18. The van der Waals surface area contributed by atoms with Crippen molar-refractivity contribution in [2.24, 2.45) is 17.3 Å². The first-order valence-corrected chi connectivity index (χ1v) is 5.24. The van der Waals surface area contributed by atoms with Gasteiger partial charge in [-0.3, -0.25) is 4.79 Å². The van der Waals surface area contributed by atoms with Crippen molar-refractivity contribution in [1.29, 1.82) is 0 Å². The Bertz CT molecular complexity index is 234. The zero-order chi connectivity index (χ0) is 9.64. The molecule has 3 unspecified atom stereocenters. The number of hydrogen-bond donors (Lipinski definition) is 0. The van der Waals surface area contributed by atoms with E-state index < -0.39 is 0 Å². The summed E-state index contributed by atoms with van der Waals surface area (Å²) in [5.74, 6) is 0.830. The smallest absolute Gasteiger partial charge is 0.308 e. The van der Waals surface area contributed by atoms with Crippen LogP contribution in [0.1, 0.15) is 40.0 Å². The minimum atomic E-state index is -0.0309. The van der Waals surface area contributed by atoms with Crippen molar-refractivity contribution >= 4 is 5.97 Å². The van der Waals surface area contributed by atoms with Crippen molar-refractivity contribution in [2.45, 2.75) is 46.1 Å². The number of ether oxygens (including phenoxy) is 1. The Morgan fingerprint density at radius 1 is 1.54 bits per heavy atom. The van der Waals surface area contributed by atoms with E-state index in [9.17, 15) is 4.79 Å². The van der Waals surface area contributed by atoms with E-state index in [1.54, 1.807) is 0 Å². The molecule has 0 N–H and O–H groups in total. The van der Waals surface area contributed by atoms with Crippen LogP contribution in [0.5, 0.6) is 0 Å². The Kier molecular flexibility index (Phi) is 1.90. The Hall–Kier alpha value is -0.530. The first-order valence-electron chi connectivity index (χ1n) is 5.24. The fraction of sp³-hybridized carbons (Fsp3) is 0.909. The molecule has 0 amide bonds. The van der Waals surface area contributed by atoms with Crippen LogP contribution >= 0.6 is 0 Å². The second-order valence-electron chi connectivity index (χ2n) is 5.06. The van der Waals surface area contributed by atoms with Crippen LogP contribution in [0.25, 0.3) is 0 Å². The predicted octanol–water partition coefficient (Wildman–Crippen LogP) is 2.37. The number of esters is 1. The summed E-state index contributed by atoms with van der Waals surface area (Å²) in [6.07, 6.45) is 3.91. The molecular weight excluding hydrogens is 164 g/mol. The molecule has 0 spiro atoms. The molecule has 0 heterocycles. The summed E-state index contributed by atoms with van der Waals surface area (Å²) in [6, 6.07) is 0. The lowest BCUT2D eigenvalue weighted by Crippen LogP contribution is -2.59. The van der Waals surface area contributed by atoms with Crippen LogP contribution < -0.4 is 0 Å². The highest BCUT2D eigenvalue weighted by molar-refractivity contribution is 5.71. The maximum Gasteiger partial charge on any atom is 0.308 e. The van der Waals surface area contributed by atoms with Crippen molar-refractivity contribution in [3.63, 3.8) is 0 Å². The van der Waals surface area contributed by atoms with Gasteiger partial charge in [-0.15, -0.1) is 0 Å². The first kappa shape index (κ1) is 9.04. The number of carbonyl (C=O) groups is 1. The summed E-state index contributed by atoms with van der Waals surface area (Å²) in [4.78, 5) is 11.3. The minimum Gasteiger partial charge on any atom is -0.462 e. The number of carbonyl (C=O) groups excluding carboxylic acids is 1. The third-order valence-corrected chi connectivity index (χ3v) is 3.93. The van der Waals surface area contributed by atoms with E-state index in [4.69, 9.17) is 4.74 Å². The van der Waals surface area contributed by atoms with Crippen LogP contribution in [0.3, 0.4) is 0 Å². The molecule has 0 saturated heterocycles. The fourth-order valence-electron chi connectivity index (χ4n) is 2.44. The molecular formula is C11H18O2. The van der Waals surface area contributed by atoms with Crippen molar-refractivity contribution in [2.75, 3.05) is 0 Å². The maximum atomic E-state index is 11.3. The Morgan fingerprint density at radius 2 is 2.23 bits per heavy atom. The molecule has 0 bridgehead atoms. The second kappa shape index (κ2) is 2.73. The van der Waals surface area contributed by atoms with Crippen LogP contribution in [0.4, 0.5) is 0 Å². The van der Waals surface area contributed by atoms with Gasteiger partial charge in [0, 0.05) is 5.41 Å². The lowest BCUT2D eigenvalue weighted by Gasteiger charge is -2.61. The minimum absolute atomic E-state index is 0.0164. The van der Waals surface area contributed by atoms with Crippen molar-refractivity contribution < 1.29 is 9.53 Å². The average molecular weight is 182 g/mol. The number of hydrogen-bond acceptors (Lipinski definition) is 2. The van der Waals surface area contributed by atoms with Crippen LogP contribution in [0.2, 0.25) is 0 Å². The van der Waals surface area contributed by atoms with Crippen LogP contribution in [-0.2, 0) is 9.53 Å². The average Bonchev–Trinajstić information content (AvgIpc) is 2.09. The second-order valence-corrected chi connectivity index (χ2v) is 5.06. The molecule has 0 aromatic carbocycles. The SMILES string of the molecule is CC(C)C(=O)OC1CC2CCC21C. The van der Waals surface area contributed by atoms with Gasteiger partial charge in [0.1, 0.15) is 6.10 Å². The van der Waals surface area contributed by atoms with E-state index in [-0.39, 0.29) is 18.0 Å². The van der Waals surface area contributed by atoms with Crippen LogP contribution in [0, 0.1) is 17.3 Å². The van der Waals surface area contributed by atoms with E-state index in [0.29, 0.717) is 5.41 Å². The molecule has 2 heteroatoms. The Balaban J connectivity index is 1.87. The summed E-state index contributed by atoms with van der Waals surface area (Å²) in [6.45, 7) is 6.03. The molecule has 2 aliphatic carbocycles. The van der Waals surface area contributed by atoms with Crippen molar-refractivity contribution in [3.8, 4) is 0 Å². The largest absolute Gasteiger partial charge is 0.462 e. The number of rotatable bonds is 2. The summed E-state index contributed by atoms with van der Waals surface area (Å²) < 4.78 is 5.45. The van der Waals surface area contributed by atoms with Gasteiger partial charge in [0.2, 0.25) is 0 Å².